The lowest BCUT2D eigenvalue weighted by molar-refractivity contribution is -0.146. The molecule has 1 amide bonds. The van der Waals surface area contributed by atoms with Crippen molar-refractivity contribution in [3.05, 3.63) is 0 Å². The highest BCUT2D eigenvalue weighted by atomic mass is 32.2. The molecular weight excluding hydrogens is 314 g/mol. The quantitative estimate of drug-likeness (QED) is 0.728. The van der Waals surface area contributed by atoms with Crippen LogP contribution in [-0.4, -0.2) is 67.6 Å². The van der Waals surface area contributed by atoms with E-state index in [-0.39, 0.29) is 23.4 Å². The third-order valence-electron chi connectivity index (χ3n) is 5.38. The van der Waals surface area contributed by atoms with Gasteiger partial charge in [-0.1, -0.05) is 13.8 Å². The van der Waals surface area contributed by atoms with Gasteiger partial charge < -0.3 is 0 Å². The van der Waals surface area contributed by atoms with E-state index in [9.17, 15) is 13.2 Å². The number of nitrogens with zero attached hydrogens (tertiary/aromatic N) is 3. The molecule has 0 aromatic heterocycles. The number of rotatable bonds is 4. The van der Waals surface area contributed by atoms with Crippen LogP contribution in [-0.2, 0) is 14.8 Å². The van der Waals surface area contributed by atoms with E-state index in [1.165, 1.54) is 15.7 Å². The van der Waals surface area contributed by atoms with Crippen LogP contribution >= 0.6 is 0 Å². The summed E-state index contributed by atoms with van der Waals surface area (Å²) in [7, 11) is 0.0611. The molecule has 7 heteroatoms. The Morgan fingerprint density at radius 3 is 2.17 bits per heavy atom. The lowest BCUT2D eigenvalue weighted by Gasteiger charge is -2.42. The van der Waals surface area contributed by atoms with Crippen LogP contribution in [0.3, 0.4) is 0 Å². The Bertz CT molecular complexity index is 537. The summed E-state index contributed by atoms with van der Waals surface area (Å²) in [4.78, 5) is 14.8. The fourth-order valence-corrected chi connectivity index (χ4v) is 5.16. The zero-order chi connectivity index (χ0) is 17.4. The molecule has 1 aliphatic carbocycles. The van der Waals surface area contributed by atoms with Crippen LogP contribution in [0.5, 0.6) is 0 Å². The minimum Gasteiger partial charge on any atom is -0.295 e. The molecule has 1 saturated carbocycles. The second kappa shape index (κ2) is 6.69. The van der Waals surface area contributed by atoms with Gasteiger partial charge in [0.15, 0.2) is 0 Å². The summed E-state index contributed by atoms with van der Waals surface area (Å²) in [6.07, 6.45) is 6.56. The molecular formula is C16H31N3O3S. The van der Waals surface area contributed by atoms with Gasteiger partial charge in [-0.2, -0.15) is 0 Å². The SMILES string of the molecule is CN1CCC[C@H]1C(=O)N(C)N(C1CCC(C)(C)CC1)S(C)(=O)=O. The summed E-state index contributed by atoms with van der Waals surface area (Å²) in [5.41, 5.74) is 0.258. The van der Waals surface area contributed by atoms with Gasteiger partial charge >= 0.3 is 0 Å². The summed E-state index contributed by atoms with van der Waals surface area (Å²) in [6, 6.07) is -0.317. The lowest BCUT2D eigenvalue weighted by Crippen LogP contribution is -2.57. The minimum absolute atomic E-state index is 0.111. The topological polar surface area (TPSA) is 60.9 Å². The molecule has 0 unspecified atom stereocenters. The third kappa shape index (κ3) is 4.25. The smallest absolute Gasteiger partial charge is 0.254 e. The van der Waals surface area contributed by atoms with Crippen molar-refractivity contribution in [3.8, 4) is 0 Å². The van der Waals surface area contributed by atoms with Gasteiger partial charge in [-0.15, -0.1) is 4.41 Å². The van der Waals surface area contributed by atoms with Crippen LogP contribution in [0.25, 0.3) is 0 Å². The third-order valence-corrected chi connectivity index (χ3v) is 6.60. The predicted molar refractivity (Wildman–Crippen MR) is 91.1 cm³/mol. The van der Waals surface area contributed by atoms with Gasteiger partial charge in [0.1, 0.15) is 0 Å². The molecule has 0 spiro atoms. The van der Waals surface area contributed by atoms with E-state index in [0.717, 1.165) is 45.1 Å². The van der Waals surface area contributed by atoms with Crippen molar-refractivity contribution in [2.45, 2.75) is 64.5 Å². The van der Waals surface area contributed by atoms with Gasteiger partial charge in [-0.05, 0) is 57.5 Å². The van der Waals surface area contributed by atoms with E-state index in [2.05, 4.69) is 13.8 Å². The van der Waals surface area contributed by atoms with Crippen LogP contribution in [0.2, 0.25) is 0 Å². The molecule has 1 aliphatic heterocycles. The summed E-state index contributed by atoms with van der Waals surface area (Å²) in [6.45, 7) is 5.33. The predicted octanol–water partition coefficient (Wildman–Crippen LogP) is 1.68. The van der Waals surface area contributed by atoms with E-state index >= 15 is 0 Å². The Kier molecular flexibility index (Phi) is 5.43. The first kappa shape index (κ1) is 18.7. The van der Waals surface area contributed by atoms with Crippen LogP contribution < -0.4 is 0 Å². The van der Waals surface area contributed by atoms with E-state index in [1.807, 2.05) is 11.9 Å². The maximum Gasteiger partial charge on any atom is 0.254 e. The van der Waals surface area contributed by atoms with Crippen LogP contribution in [0.1, 0.15) is 52.4 Å². The van der Waals surface area contributed by atoms with Crippen molar-refractivity contribution in [1.29, 1.82) is 0 Å². The summed E-state index contributed by atoms with van der Waals surface area (Å²) >= 11 is 0. The Labute approximate surface area is 140 Å². The molecule has 0 N–H and O–H groups in total. The van der Waals surface area contributed by atoms with Crippen LogP contribution in [0.4, 0.5) is 0 Å². The maximum atomic E-state index is 12.8. The monoisotopic (exact) mass is 345 g/mol. The highest BCUT2D eigenvalue weighted by Crippen LogP contribution is 2.38. The Balaban J connectivity index is 2.17. The molecule has 2 rings (SSSR count). The lowest BCUT2D eigenvalue weighted by atomic mass is 9.76. The highest BCUT2D eigenvalue weighted by Gasteiger charge is 2.40. The molecule has 2 aliphatic rings. The molecule has 0 aromatic carbocycles. The number of carbonyl (C=O) groups excluding carboxylic acids is 1. The Hall–Kier alpha value is -0.660. The van der Waals surface area contributed by atoms with Gasteiger partial charge in [0, 0.05) is 13.1 Å². The number of carbonyl (C=O) groups is 1. The number of hydrogen-bond donors (Lipinski definition) is 0. The normalized spacial score (nSPS) is 26.6. The number of likely N-dealkylation sites (tertiary alicyclic amines) is 1. The molecule has 0 bridgehead atoms. The molecule has 6 nitrogen and oxygen atoms in total. The second-order valence-corrected chi connectivity index (χ2v) is 9.77. The van der Waals surface area contributed by atoms with E-state index < -0.39 is 10.0 Å². The molecule has 134 valence electrons. The summed E-state index contributed by atoms with van der Waals surface area (Å²) in [5.74, 6) is -0.111. The molecule has 1 saturated heterocycles. The standard InChI is InChI=1S/C16H31N3O3S/c1-16(2)10-8-13(9-11-16)19(23(5,21)22)18(4)15(20)14-7-6-12-17(14)3/h13-14H,6-12H2,1-5H3/t14-/m0/s1. The van der Waals surface area contributed by atoms with Gasteiger partial charge in [0.25, 0.3) is 5.91 Å². The van der Waals surface area contributed by atoms with Gasteiger partial charge in [-0.25, -0.2) is 8.42 Å². The fourth-order valence-electron chi connectivity index (χ4n) is 3.88. The van der Waals surface area contributed by atoms with Gasteiger partial charge in [0.05, 0.1) is 12.3 Å². The van der Waals surface area contributed by atoms with Gasteiger partial charge in [0.2, 0.25) is 10.0 Å². The van der Waals surface area contributed by atoms with Crippen molar-refractivity contribution >= 4 is 15.9 Å². The zero-order valence-corrected chi connectivity index (χ0v) is 15.9. The fraction of sp³-hybridized carbons (Fsp3) is 0.938. The number of hydrazine groups is 1. The summed E-state index contributed by atoms with van der Waals surface area (Å²) in [5, 5.41) is 1.37. The van der Waals surface area contributed by atoms with E-state index in [4.69, 9.17) is 0 Å². The largest absolute Gasteiger partial charge is 0.295 e. The molecule has 0 aromatic rings. The van der Waals surface area contributed by atoms with Crippen molar-refractivity contribution < 1.29 is 13.2 Å². The second-order valence-electron chi connectivity index (χ2n) is 7.93. The zero-order valence-electron chi connectivity index (χ0n) is 15.1. The van der Waals surface area contributed by atoms with Crippen molar-refractivity contribution in [2.24, 2.45) is 5.41 Å². The molecule has 1 atom stereocenters. The maximum absolute atomic E-state index is 12.8. The Morgan fingerprint density at radius 2 is 1.74 bits per heavy atom. The first-order valence-electron chi connectivity index (χ1n) is 8.50. The minimum atomic E-state index is -3.47. The molecule has 2 fully saturated rings. The van der Waals surface area contributed by atoms with Crippen molar-refractivity contribution in [3.63, 3.8) is 0 Å². The molecule has 23 heavy (non-hydrogen) atoms. The number of sulfonamides is 1. The summed E-state index contributed by atoms with van der Waals surface area (Å²) < 4.78 is 26.0. The molecule has 1 heterocycles. The van der Waals surface area contributed by atoms with Crippen LogP contribution in [0.15, 0.2) is 0 Å². The molecule has 0 radical (unpaired) electrons. The average Bonchev–Trinajstić information content (AvgIpc) is 2.84. The van der Waals surface area contributed by atoms with E-state index in [1.54, 1.807) is 7.05 Å². The Morgan fingerprint density at radius 1 is 1.17 bits per heavy atom. The number of likely N-dealkylation sites (N-methyl/N-ethyl adjacent to an activating group) is 2. The first-order chi connectivity index (χ1) is 10.5. The number of amides is 1. The van der Waals surface area contributed by atoms with Crippen molar-refractivity contribution in [1.82, 2.24) is 14.3 Å². The van der Waals surface area contributed by atoms with Gasteiger partial charge in [-0.3, -0.25) is 14.7 Å². The van der Waals surface area contributed by atoms with E-state index in [0.29, 0.717) is 0 Å². The average molecular weight is 346 g/mol. The number of hydrogen-bond acceptors (Lipinski definition) is 4. The first-order valence-corrected chi connectivity index (χ1v) is 10.3. The highest BCUT2D eigenvalue weighted by molar-refractivity contribution is 7.88. The van der Waals surface area contributed by atoms with Crippen LogP contribution in [0, 0.1) is 5.41 Å². The van der Waals surface area contributed by atoms with Crippen molar-refractivity contribution in [2.75, 3.05) is 26.9 Å².